The Kier molecular flexibility index (Phi) is 5.07. The van der Waals surface area contributed by atoms with E-state index in [0.717, 1.165) is 5.56 Å². The van der Waals surface area contributed by atoms with Crippen molar-refractivity contribution in [3.63, 3.8) is 0 Å². The Morgan fingerprint density at radius 3 is 2.50 bits per heavy atom. The first-order valence-electron chi connectivity index (χ1n) is 7.92. The highest BCUT2D eigenvalue weighted by atomic mass is 16.6. The lowest BCUT2D eigenvalue weighted by Crippen LogP contribution is -2.03. The van der Waals surface area contributed by atoms with Gasteiger partial charge in [0.15, 0.2) is 0 Å². The van der Waals surface area contributed by atoms with E-state index < -0.39 is 4.92 Å². The maximum atomic E-state index is 11.7. The molecular weight excluding hydrogens is 334 g/mol. The molecule has 0 N–H and O–H groups in total. The summed E-state index contributed by atoms with van der Waals surface area (Å²) in [6, 6.07) is 14.4. The lowest BCUT2D eigenvalue weighted by atomic mass is 10.0. The molecule has 0 saturated carbocycles. The molecule has 0 radical (unpaired) electrons. The molecule has 0 saturated heterocycles. The second-order valence-corrected chi connectivity index (χ2v) is 5.53. The number of ether oxygens (including phenoxy) is 2. The minimum atomic E-state index is -0.480. The number of hydrogen-bond donors (Lipinski definition) is 0. The summed E-state index contributed by atoms with van der Waals surface area (Å²) in [5, 5.41) is 11.7. The quantitative estimate of drug-likeness (QED) is 0.494. The van der Waals surface area contributed by atoms with Gasteiger partial charge in [0.1, 0.15) is 6.61 Å². The van der Waals surface area contributed by atoms with E-state index in [1.54, 1.807) is 25.1 Å². The number of nitrogens with zero attached hydrogens (tertiary/aromatic N) is 3. The molecule has 0 aliphatic carbocycles. The number of benzene rings is 1. The maximum Gasteiger partial charge on any atom is 0.338 e. The third-order valence-corrected chi connectivity index (χ3v) is 3.85. The minimum absolute atomic E-state index is 0.0217. The van der Waals surface area contributed by atoms with E-state index in [1.807, 2.05) is 30.3 Å². The van der Waals surface area contributed by atoms with Crippen molar-refractivity contribution in [2.24, 2.45) is 0 Å². The summed E-state index contributed by atoms with van der Waals surface area (Å²) in [5.41, 5.74) is 2.37. The van der Waals surface area contributed by atoms with Crippen LogP contribution in [-0.4, -0.2) is 22.0 Å². The average Bonchev–Trinajstić information content (AvgIpc) is 2.66. The van der Waals surface area contributed by atoms with Gasteiger partial charge < -0.3 is 9.47 Å². The lowest BCUT2D eigenvalue weighted by molar-refractivity contribution is -0.385. The van der Waals surface area contributed by atoms with Crippen molar-refractivity contribution in [3.8, 4) is 22.9 Å². The Hall–Kier alpha value is -3.48. The minimum Gasteiger partial charge on any atom is -0.481 e. The van der Waals surface area contributed by atoms with E-state index in [-0.39, 0.29) is 18.2 Å². The molecule has 0 spiro atoms. The second-order valence-electron chi connectivity index (χ2n) is 5.53. The molecule has 3 aromatic rings. The van der Waals surface area contributed by atoms with Crippen LogP contribution in [-0.2, 0) is 6.61 Å². The van der Waals surface area contributed by atoms with Crippen LogP contribution in [0.5, 0.6) is 11.8 Å². The molecule has 3 rings (SSSR count). The monoisotopic (exact) mass is 351 g/mol. The smallest absolute Gasteiger partial charge is 0.338 e. The highest BCUT2D eigenvalue weighted by molar-refractivity contribution is 5.77. The van der Waals surface area contributed by atoms with Crippen LogP contribution in [0, 0.1) is 17.0 Å². The van der Waals surface area contributed by atoms with Crippen LogP contribution >= 0.6 is 0 Å². The molecule has 0 amide bonds. The van der Waals surface area contributed by atoms with Crippen molar-refractivity contribution < 1.29 is 14.4 Å². The predicted molar refractivity (Wildman–Crippen MR) is 96.2 cm³/mol. The molecule has 2 aromatic heterocycles. The average molecular weight is 351 g/mol. The van der Waals surface area contributed by atoms with E-state index in [2.05, 4.69) is 9.97 Å². The molecule has 2 heterocycles. The van der Waals surface area contributed by atoms with Crippen LogP contribution in [0.3, 0.4) is 0 Å². The summed E-state index contributed by atoms with van der Waals surface area (Å²) >= 11 is 0. The summed E-state index contributed by atoms with van der Waals surface area (Å²) < 4.78 is 10.7. The molecule has 0 atom stereocenters. The van der Waals surface area contributed by atoms with Crippen LogP contribution in [0.2, 0.25) is 0 Å². The van der Waals surface area contributed by atoms with E-state index in [9.17, 15) is 10.1 Å². The van der Waals surface area contributed by atoms with Crippen molar-refractivity contribution in [2.45, 2.75) is 13.5 Å². The van der Waals surface area contributed by atoms with Gasteiger partial charge in [0.05, 0.1) is 17.6 Å². The fraction of sp³-hybridized carbons (Fsp3) is 0.158. The number of methoxy groups -OCH3 is 1. The zero-order valence-corrected chi connectivity index (χ0v) is 14.4. The summed E-state index contributed by atoms with van der Waals surface area (Å²) in [6.45, 7) is 1.96. The standard InChI is InChI=1S/C19H17N3O4/c1-13-15(8-9-17(21-13)25-2)16-10-11-20-19(18(16)22(23)24)26-12-14-6-4-3-5-7-14/h3-11H,12H2,1-2H3. The van der Waals surface area contributed by atoms with Crippen molar-refractivity contribution >= 4 is 5.69 Å². The summed E-state index contributed by atoms with van der Waals surface area (Å²) in [6.07, 6.45) is 1.49. The van der Waals surface area contributed by atoms with Gasteiger partial charge in [-0.25, -0.2) is 9.97 Å². The summed E-state index contributed by atoms with van der Waals surface area (Å²) in [4.78, 5) is 19.6. The molecule has 7 nitrogen and oxygen atoms in total. The fourth-order valence-electron chi connectivity index (χ4n) is 2.60. The van der Waals surface area contributed by atoms with Crippen LogP contribution in [0.1, 0.15) is 11.3 Å². The highest BCUT2D eigenvalue weighted by Gasteiger charge is 2.25. The number of hydrogen-bond acceptors (Lipinski definition) is 6. The third kappa shape index (κ3) is 3.61. The summed E-state index contributed by atoms with van der Waals surface area (Å²) in [5.74, 6) is 0.426. The Morgan fingerprint density at radius 2 is 1.85 bits per heavy atom. The van der Waals surface area contributed by atoms with E-state index >= 15 is 0 Å². The highest BCUT2D eigenvalue weighted by Crippen LogP contribution is 2.37. The van der Waals surface area contributed by atoms with Crippen LogP contribution in [0.4, 0.5) is 5.69 Å². The van der Waals surface area contributed by atoms with E-state index in [4.69, 9.17) is 9.47 Å². The molecule has 0 unspecified atom stereocenters. The third-order valence-electron chi connectivity index (χ3n) is 3.85. The van der Waals surface area contributed by atoms with Gasteiger partial charge in [-0.3, -0.25) is 10.1 Å². The molecule has 26 heavy (non-hydrogen) atoms. The molecule has 0 aliphatic rings. The zero-order chi connectivity index (χ0) is 18.5. The lowest BCUT2D eigenvalue weighted by Gasteiger charge is -2.11. The topological polar surface area (TPSA) is 87.4 Å². The fourth-order valence-corrected chi connectivity index (χ4v) is 2.60. The molecular formula is C19H17N3O4. The first-order chi connectivity index (χ1) is 12.6. The van der Waals surface area contributed by atoms with Crippen LogP contribution < -0.4 is 9.47 Å². The van der Waals surface area contributed by atoms with Gasteiger partial charge in [0, 0.05) is 23.5 Å². The van der Waals surface area contributed by atoms with Crippen LogP contribution in [0.15, 0.2) is 54.7 Å². The first-order valence-corrected chi connectivity index (χ1v) is 7.92. The van der Waals surface area contributed by atoms with Crippen molar-refractivity contribution in [1.82, 2.24) is 9.97 Å². The molecule has 132 valence electrons. The Bertz CT molecular complexity index is 929. The molecule has 0 fully saturated rings. The van der Waals surface area contributed by atoms with Gasteiger partial charge in [-0.05, 0) is 24.6 Å². The first kappa shape index (κ1) is 17.3. The Morgan fingerprint density at radius 1 is 1.08 bits per heavy atom. The van der Waals surface area contributed by atoms with Crippen LogP contribution in [0.25, 0.3) is 11.1 Å². The second kappa shape index (κ2) is 7.60. The zero-order valence-electron chi connectivity index (χ0n) is 14.4. The van der Waals surface area contributed by atoms with Gasteiger partial charge in [-0.15, -0.1) is 0 Å². The Labute approximate surface area is 150 Å². The largest absolute Gasteiger partial charge is 0.481 e. The number of pyridine rings is 2. The van der Waals surface area contributed by atoms with Crippen molar-refractivity contribution in [3.05, 3.63) is 76.1 Å². The van der Waals surface area contributed by atoms with E-state index in [0.29, 0.717) is 22.7 Å². The summed E-state index contributed by atoms with van der Waals surface area (Å²) in [7, 11) is 1.52. The van der Waals surface area contributed by atoms with Gasteiger partial charge in [0.2, 0.25) is 5.88 Å². The number of aromatic nitrogens is 2. The maximum absolute atomic E-state index is 11.7. The Balaban J connectivity index is 2.00. The SMILES string of the molecule is COc1ccc(-c2ccnc(OCc3ccccc3)c2[N+](=O)[O-])c(C)n1. The molecule has 0 aliphatic heterocycles. The van der Waals surface area contributed by atoms with Crippen molar-refractivity contribution in [2.75, 3.05) is 7.11 Å². The van der Waals surface area contributed by atoms with Gasteiger partial charge in [-0.1, -0.05) is 30.3 Å². The van der Waals surface area contributed by atoms with E-state index in [1.165, 1.54) is 13.3 Å². The number of nitro groups is 1. The number of aryl methyl sites for hydroxylation is 1. The number of rotatable bonds is 6. The molecule has 0 bridgehead atoms. The molecule has 1 aromatic carbocycles. The predicted octanol–water partition coefficient (Wildman–Crippen LogP) is 3.95. The van der Waals surface area contributed by atoms with Crippen molar-refractivity contribution in [1.29, 1.82) is 0 Å². The van der Waals surface area contributed by atoms with Gasteiger partial charge in [-0.2, -0.15) is 0 Å². The van der Waals surface area contributed by atoms with Gasteiger partial charge >= 0.3 is 5.69 Å². The molecule has 7 heteroatoms. The normalized spacial score (nSPS) is 10.4. The van der Waals surface area contributed by atoms with Gasteiger partial charge in [0.25, 0.3) is 5.88 Å².